The fourth-order valence-electron chi connectivity index (χ4n) is 0.924. The van der Waals surface area contributed by atoms with Gasteiger partial charge in [0.2, 0.25) is 0 Å². The fourth-order valence-corrected chi connectivity index (χ4v) is 0.924. The number of hydrogen-bond donors (Lipinski definition) is 2. The van der Waals surface area contributed by atoms with Gasteiger partial charge in [0.1, 0.15) is 0 Å². The van der Waals surface area contributed by atoms with E-state index in [0.29, 0.717) is 6.42 Å². The van der Waals surface area contributed by atoms with Gasteiger partial charge in [-0.05, 0) is 0 Å². The Hall–Kier alpha value is 1.64. The van der Waals surface area contributed by atoms with E-state index in [4.69, 9.17) is 10.8 Å². The van der Waals surface area contributed by atoms with Crippen molar-refractivity contribution in [3.63, 3.8) is 0 Å². The van der Waals surface area contributed by atoms with Gasteiger partial charge in [0.05, 0.1) is 6.04 Å². The largest absolute Gasteiger partial charge is 0.480 e. The standard InChI is InChI=1S/C7H15.C5H10NO2.2Y/c1-4-6-7(3)5-2;1-2-3-4(6)5(7)8;;/h4,7H,5-6H2,1-3H3;2,4H,3,6H2,1H3,(H,7,8);;/q2*-1;;. The van der Waals surface area contributed by atoms with E-state index in [0.717, 1.165) is 5.92 Å². The molecule has 0 aromatic rings. The number of hydrogen-bond acceptors (Lipinski definition) is 2. The van der Waals surface area contributed by atoms with Crippen molar-refractivity contribution in [1.29, 1.82) is 0 Å². The summed E-state index contributed by atoms with van der Waals surface area (Å²) in [4.78, 5) is 9.94. The van der Waals surface area contributed by atoms with Gasteiger partial charge in [-0.2, -0.15) is 26.7 Å². The van der Waals surface area contributed by atoms with Crippen molar-refractivity contribution < 1.29 is 75.3 Å². The summed E-state index contributed by atoms with van der Waals surface area (Å²) in [5.74, 6) is -0.0481. The van der Waals surface area contributed by atoms with Crippen LogP contribution >= 0.6 is 0 Å². The second-order valence-corrected chi connectivity index (χ2v) is 3.75. The Morgan fingerprint density at radius 3 is 1.76 bits per heavy atom. The molecule has 0 saturated carbocycles. The third-order valence-corrected chi connectivity index (χ3v) is 2.14. The molecule has 98 valence electrons. The number of carboxylic acids is 1. The number of aliphatic carboxylic acids is 1. The normalized spacial score (nSPS) is 12.1. The molecule has 0 saturated heterocycles. The molecule has 0 bridgehead atoms. The molecule has 0 aliphatic carbocycles. The molecule has 0 aliphatic rings. The Labute approximate surface area is 157 Å². The Kier molecular flexibility index (Phi) is 31.8. The van der Waals surface area contributed by atoms with Crippen LogP contribution in [0.1, 0.15) is 47.0 Å². The van der Waals surface area contributed by atoms with Crippen LogP contribution in [0.4, 0.5) is 0 Å². The topological polar surface area (TPSA) is 63.3 Å². The molecule has 5 heteroatoms. The minimum absolute atomic E-state index is 0. The van der Waals surface area contributed by atoms with Crippen LogP contribution in [0.3, 0.4) is 0 Å². The maximum atomic E-state index is 9.94. The Bertz CT molecular complexity index is 157. The molecular formula is C12H25NO2Y2-2. The van der Waals surface area contributed by atoms with Gasteiger partial charge in [0.25, 0.3) is 0 Å². The molecule has 2 radical (unpaired) electrons. The molecule has 17 heavy (non-hydrogen) atoms. The van der Waals surface area contributed by atoms with Gasteiger partial charge >= 0.3 is 5.97 Å². The molecule has 0 aliphatic heterocycles. The van der Waals surface area contributed by atoms with Crippen molar-refractivity contribution in [1.82, 2.24) is 0 Å². The monoisotopic (exact) mass is 393 g/mol. The van der Waals surface area contributed by atoms with E-state index in [2.05, 4.69) is 27.2 Å². The molecule has 0 aromatic carbocycles. The van der Waals surface area contributed by atoms with Crippen molar-refractivity contribution in [2.75, 3.05) is 0 Å². The Balaban J connectivity index is -0.0000000896. The van der Waals surface area contributed by atoms with Gasteiger partial charge in [-0.25, -0.2) is 0 Å². The molecule has 0 spiro atoms. The van der Waals surface area contributed by atoms with Crippen LogP contribution in [-0.2, 0) is 70.2 Å². The quantitative estimate of drug-likeness (QED) is 0.683. The van der Waals surface area contributed by atoms with E-state index in [1.807, 2.05) is 0 Å². The van der Waals surface area contributed by atoms with Crippen molar-refractivity contribution in [3.05, 3.63) is 12.8 Å². The number of carboxylic acid groups (broad SMARTS) is 1. The minimum Gasteiger partial charge on any atom is -0.480 e. The van der Waals surface area contributed by atoms with Crippen LogP contribution in [0, 0.1) is 18.8 Å². The number of nitrogens with two attached hydrogens (primary N) is 1. The number of rotatable bonds is 6. The average molecular weight is 393 g/mol. The van der Waals surface area contributed by atoms with Gasteiger partial charge < -0.3 is 23.7 Å². The predicted molar refractivity (Wildman–Crippen MR) is 64.2 cm³/mol. The SMILES string of the molecule is C[CH-]CC(C)CC.C[CH-]CC(N)C(=O)O.[Y].[Y]. The smallest absolute Gasteiger partial charge is 0.317 e. The van der Waals surface area contributed by atoms with Crippen molar-refractivity contribution in [3.8, 4) is 0 Å². The first-order chi connectivity index (χ1) is 6.99. The van der Waals surface area contributed by atoms with Crippen molar-refractivity contribution in [2.45, 2.75) is 53.0 Å². The molecule has 0 fully saturated rings. The molecule has 3 nitrogen and oxygen atoms in total. The van der Waals surface area contributed by atoms with Gasteiger partial charge in [0.15, 0.2) is 0 Å². The second-order valence-electron chi connectivity index (χ2n) is 3.75. The maximum Gasteiger partial charge on any atom is 0.317 e. The van der Waals surface area contributed by atoms with Gasteiger partial charge in [-0.15, -0.1) is 0 Å². The van der Waals surface area contributed by atoms with Crippen LogP contribution in [0.25, 0.3) is 0 Å². The van der Waals surface area contributed by atoms with E-state index in [9.17, 15) is 4.79 Å². The molecule has 3 N–H and O–H groups in total. The molecule has 0 rings (SSSR count). The summed E-state index contributed by atoms with van der Waals surface area (Å²) in [5.41, 5.74) is 5.10. The minimum atomic E-state index is -0.942. The molecule has 0 heterocycles. The fraction of sp³-hybridized carbons (Fsp3) is 0.750. The maximum absolute atomic E-state index is 9.94. The van der Waals surface area contributed by atoms with Gasteiger partial charge in [0, 0.05) is 65.4 Å². The van der Waals surface area contributed by atoms with Crippen LogP contribution in [0.15, 0.2) is 0 Å². The first-order valence-electron chi connectivity index (χ1n) is 5.53. The van der Waals surface area contributed by atoms with Gasteiger partial charge in [-0.1, -0.05) is 26.2 Å². The van der Waals surface area contributed by atoms with Crippen LogP contribution in [-0.4, -0.2) is 17.1 Å². The summed E-state index contributed by atoms with van der Waals surface area (Å²) in [7, 11) is 0. The van der Waals surface area contributed by atoms with Crippen molar-refractivity contribution in [2.24, 2.45) is 11.7 Å². The van der Waals surface area contributed by atoms with E-state index in [-0.39, 0.29) is 65.4 Å². The summed E-state index contributed by atoms with van der Waals surface area (Å²) >= 11 is 0. The first kappa shape index (κ1) is 27.1. The molecule has 0 aromatic heterocycles. The first-order valence-corrected chi connectivity index (χ1v) is 5.53. The van der Waals surface area contributed by atoms with Crippen LogP contribution < -0.4 is 5.73 Å². The van der Waals surface area contributed by atoms with Crippen LogP contribution in [0.5, 0.6) is 0 Å². The zero-order valence-corrected chi connectivity index (χ0v) is 17.2. The third kappa shape index (κ3) is 23.2. The van der Waals surface area contributed by atoms with E-state index in [1.165, 1.54) is 12.8 Å². The number of carbonyl (C=O) groups is 1. The third-order valence-electron chi connectivity index (χ3n) is 2.14. The van der Waals surface area contributed by atoms with Crippen LogP contribution in [0.2, 0.25) is 0 Å². The van der Waals surface area contributed by atoms with E-state index >= 15 is 0 Å². The summed E-state index contributed by atoms with van der Waals surface area (Å²) in [6.07, 6.45) is 6.99. The summed E-state index contributed by atoms with van der Waals surface area (Å²) in [6, 6.07) is -0.722. The molecule has 2 unspecified atom stereocenters. The molecule has 0 amide bonds. The second kappa shape index (κ2) is 20.0. The average Bonchev–Trinajstić information content (AvgIpc) is 2.19. The Morgan fingerprint density at radius 1 is 1.24 bits per heavy atom. The predicted octanol–water partition coefficient (Wildman–Crippen LogP) is 2.65. The van der Waals surface area contributed by atoms with Gasteiger partial charge in [-0.3, -0.25) is 4.79 Å². The Morgan fingerprint density at radius 2 is 1.65 bits per heavy atom. The summed E-state index contributed by atoms with van der Waals surface area (Å²) in [6.45, 7) is 8.41. The molecular weight excluding hydrogens is 368 g/mol. The summed E-state index contributed by atoms with van der Waals surface area (Å²) < 4.78 is 0. The van der Waals surface area contributed by atoms with Crippen molar-refractivity contribution >= 4 is 5.97 Å². The zero-order valence-electron chi connectivity index (χ0n) is 11.5. The van der Waals surface area contributed by atoms with E-state index < -0.39 is 12.0 Å². The van der Waals surface area contributed by atoms with E-state index in [1.54, 1.807) is 13.3 Å². The summed E-state index contributed by atoms with van der Waals surface area (Å²) in [5, 5.41) is 8.17. The molecule has 2 atom stereocenters. The zero-order chi connectivity index (χ0) is 12.3.